The van der Waals surface area contributed by atoms with E-state index < -0.39 is 29.1 Å². The molecule has 0 aliphatic carbocycles. The summed E-state index contributed by atoms with van der Waals surface area (Å²) >= 11 is 8.72. The molecular formula is C15H9BrClF5N2O. The van der Waals surface area contributed by atoms with Gasteiger partial charge in [0, 0.05) is 10.5 Å². The number of aliphatic imine (C=N–C) groups is 1. The fourth-order valence-corrected chi connectivity index (χ4v) is 2.16. The number of ether oxygens (including phenoxy) is 1. The molecule has 0 fully saturated rings. The molecule has 0 amide bonds. The van der Waals surface area contributed by atoms with Crippen molar-refractivity contribution in [2.24, 2.45) is 10.7 Å². The van der Waals surface area contributed by atoms with Crippen LogP contribution in [0.4, 0.5) is 27.6 Å². The van der Waals surface area contributed by atoms with Gasteiger partial charge in [-0.25, -0.2) is 13.8 Å². The molecule has 0 aliphatic rings. The smallest absolute Gasteiger partial charge is 0.416 e. The molecule has 2 aromatic carbocycles. The van der Waals surface area contributed by atoms with Gasteiger partial charge in [0.15, 0.2) is 17.4 Å². The molecule has 0 atom stereocenters. The van der Waals surface area contributed by atoms with E-state index in [1.165, 1.54) is 18.2 Å². The minimum atomic E-state index is -4.88. The maximum absolute atomic E-state index is 13.8. The molecule has 2 rings (SSSR count). The number of hydrogen-bond acceptors (Lipinski definition) is 2. The molecule has 10 heteroatoms. The van der Waals surface area contributed by atoms with Crippen LogP contribution in [-0.2, 0) is 6.18 Å². The summed E-state index contributed by atoms with van der Waals surface area (Å²) in [6.07, 6.45) is -4.88. The van der Waals surface area contributed by atoms with E-state index in [9.17, 15) is 22.0 Å². The van der Waals surface area contributed by atoms with Gasteiger partial charge in [0.1, 0.15) is 11.6 Å². The van der Waals surface area contributed by atoms with Gasteiger partial charge in [-0.1, -0.05) is 0 Å². The molecular weight excluding hydrogens is 435 g/mol. The van der Waals surface area contributed by atoms with Gasteiger partial charge in [-0.05, 0) is 40.2 Å². The topological polar surface area (TPSA) is 47.6 Å². The first-order valence-corrected chi connectivity index (χ1v) is 7.87. The average molecular weight is 444 g/mol. The van der Waals surface area contributed by atoms with Crippen molar-refractivity contribution >= 4 is 39.1 Å². The van der Waals surface area contributed by atoms with E-state index in [0.717, 1.165) is 0 Å². The van der Waals surface area contributed by atoms with Crippen molar-refractivity contribution in [2.45, 2.75) is 6.18 Å². The van der Waals surface area contributed by atoms with E-state index in [1.807, 2.05) is 0 Å². The Morgan fingerprint density at radius 1 is 1.16 bits per heavy atom. The molecule has 134 valence electrons. The lowest BCUT2D eigenvalue weighted by Gasteiger charge is -2.12. The Balaban J connectivity index is 2.39. The summed E-state index contributed by atoms with van der Waals surface area (Å²) in [5, 5.41) is 0. The summed E-state index contributed by atoms with van der Waals surface area (Å²) in [6, 6.07) is 4.41. The quantitative estimate of drug-likeness (QED) is 0.282. The Labute approximate surface area is 152 Å². The van der Waals surface area contributed by atoms with Gasteiger partial charge >= 0.3 is 6.18 Å². The number of amidine groups is 1. The highest BCUT2D eigenvalue weighted by molar-refractivity contribution is 9.10. The number of rotatable bonds is 4. The van der Waals surface area contributed by atoms with Crippen LogP contribution in [0.25, 0.3) is 0 Å². The summed E-state index contributed by atoms with van der Waals surface area (Å²) in [6.45, 7) is 0. The van der Waals surface area contributed by atoms with Crippen LogP contribution in [0.5, 0.6) is 11.5 Å². The zero-order valence-electron chi connectivity index (χ0n) is 12.2. The third-order valence-electron chi connectivity index (χ3n) is 2.86. The molecule has 0 saturated carbocycles. The highest BCUT2D eigenvalue weighted by atomic mass is 79.9. The van der Waals surface area contributed by atoms with E-state index in [1.54, 1.807) is 0 Å². The van der Waals surface area contributed by atoms with Crippen LogP contribution in [0.2, 0.25) is 0 Å². The Kier molecular flexibility index (Phi) is 5.89. The molecule has 2 N–H and O–H groups in total. The maximum atomic E-state index is 13.8. The Morgan fingerprint density at radius 3 is 2.28 bits per heavy atom. The number of alkyl halides is 4. The molecule has 25 heavy (non-hydrogen) atoms. The SMILES string of the molecule is NC(CCl)=Nc1cc(Oc2c(F)cc(C(F)(F)F)cc2F)ccc1Br. The van der Waals surface area contributed by atoms with Crippen molar-refractivity contribution in [1.29, 1.82) is 0 Å². The third kappa shape index (κ3) is 4.82. The van der Waals surface area contributed by atoms with Gasteiger partial charge in [-0.2, -0.15) is 13.2 Å². The average Bonchev–Trinajstić information content (AvgIpc) is 2.52. The zero-order chi connectivity index (χ0) is 18.8. The number of nitrogens with zero attached hydrogens (tertiary/aromatic N) is 1. The van der Waals surface area contributed by atoms with Crippen LogP contribution in [0.1, 0.15) is 5.56 Å². The van der Waals surface area contributed by atoms with E-state index in [-0.39, 0.29) is 35.3 Å². The fraction of sp³-hybridized carbons (Fsp3) is 0.133. The van der Waals surface area contributed by atoms with Crippen LogP contribution in [0.15, 0.2) is 39.8 Å². The number of benzene rings is 2. The van der Waals surface area contributed by atoms with Crippen LogP contribution < -0.4 is 10.5 Å². The standard InChI is InChI=1S/C15H9BrClF5N2O/c16-9-2-1-8(5-12(9)24-13(23)6-17)25-14-10(18)3-7(4-11(14)19)15(20,21)22/h1-5H,6H2,(H2,23,24). The van der Waals surface area contributed by atoms with E-state index in [0.29, 0.717) is 4.47 Å². The minimum absolute atomic E-state index is 0.0420. The minimum Gasteiger partial charge on any atom is -0.451 e. The maximum Gasteiger partial charge on any atom is 0.416 e. The van der Waals surface area contributed by atoms with Gasteiger partial charge < -0.3 is 10.5 Å². The molecule has 0 aliphatic heterocycles. The summed E-state index contributed by atoms with van der Waals surface area (Å²) < 4.78 is 70.8. The van der Waals surface area contributed by atoms with Crippen LogP contribution >= 0.6 is 27.5 Å². The molecule has 0 radical (unpaired) electrons. The largest absolute Gasteiger partial charge is 0.451 e. The number of nitrogens with two attached hydrogens (primary N) is 1. The zero-order valence-corrected chi connectivity index (χ0v) is 14.5. The van der Waals surface area contributed by atoms with Crippen molar-refractivity contribution in [3.63, 3.8) is 0 Å². The second-order valence-corrected chi connectivity index (χ2v) is 5.84. The van der Waals surface area contributed by atoms with E-state index in [2.05, 4.69) is 20.9 Å². The van der Waals surface area contributed by atoms with Gasteiger partial charge in [0.05, 0.1) is 17.1 Å². The van der Waals surface area contributed by atoms with E-state index in [4.69, 9.17) is 22.1 Å². The Bertz CT molecular complexity index is 803. The molecule has 3 nitrogen and oxygen atoms in total. The van der Waals surface area contributed by atoms with Gasteiger partial charge in [0.2, 0.25) is 0 Å². The number of hydrogen-bond donors (Lipinski definition) is 1. The number of halogens is 7. The normalized spacial score (nSPS) is 12.4. The summed E-state index contributed by atoms with van der Waals surface area (Å²) in [4.78, 5) is 3.97. The lowest BCUT2D eigenvalue weighted by molar-refractivity contribution is -0.138. The highest BCUT2D eigenvalue weighted by Crippen LogP contribution is 2.37. The summed E-state index contributed by atoms with van der Waals surface area (Å²) in [7, 11) is 0. The first kappa shape index (κ1) is 19.5. The summed E-state index contributed by atoms with van der Waals surface area (Å²) in [5.74, 6) is -3.94. The molecule has 0 unspecified atom stereocenters. The Hall–Kier alpha value is -1.87. The van der Waals surface area contributed by atoms with Crippen molar-refractivity contribution in [3.05, 3.63) is 52.0 Å². The van der Waals surface area contributed by atoms with Crippen LogP contribution in [-0.4, -0.2) is 11.7 Å². The second kappa shape index (κ2) is 7.57. The third-order valence-corrected chi connectivity index (χ3v) is 3.81. The van der Waals surface area contributed by atoms with Crippen LogP contribution in [0, 0.1) is 11.6 Å². The van der Waals surface area contributed by atoms with Gasteiger partial charge in [-0.3, -0.25) is 0 Å². The lowest BCUT2D eigenvalue weighted by Crippen LogP contribution is -2.12. The molecule has 0 aromatic heterocycles. The second-order valence-electron chi connectivity index (χ2n) is 4.72. The Morgan fingerprint density at radius 2 is 1.76 bits per heavy atom. The van der Waals surface area contributed by atoms with Gasteiger partial charge in [0.25, 0.3) is 0 Å². The van der Waals surface area contributed by atoms with Gasteiger partial charge in [-0.15, -0.1) is 11.6 Å². The first-order chi connectivity index (χ1) is 11.6. The van der Waals surface area contributed by atoms with Crippen LogP contribution in [0.3, 0.4) is 0 Å². The van der Waals surface area contributed by atoms with Crippen molar-refractivity contribution in [1.82, 2.24) is 0 Å². The monoisotopic (exact) mass is 442 g/mol. The fourth-order valence-electron chi connectivity index (χ4n) is 1.77. The first-order valence-electron chi connectivity index (χ1n) is 6.54. The lowest BCUT2D eigenvalue weighted by atomic mass is 10.2. The predicted molar refractivity (Wildman–Crippen MR) is 87.6 cm³/mol. The molecule has 0 saturated heterocycles. The summed E-state index contributed by atoms with van der Waals surface area (Å²) in [5.41, 5.74) is 4.33. The predicted octanol–water partition coefficient (Wildman–Crippen LogP) is 5.77. The molecule has 0 spiro atoms. The molecule has 0 heterocycles. The molecule has 0 bridgehead atoms. The highest BCUT2D eigenvalue weighted by Gasteiger charge is 2.33. The van der Waals surface area contributed by atoms with E-state index >= 15 is 0 Å². The van der Waals surface area contributed by atoms with Crippen molar-refractivity contribution < 1.29 is 26.7 Å². The van der Waals surface area contributed by atoms with Crippen molar-refractivity contribution in [3.8, 4) is 11.5 Å². The van der Waals surface area contributed by atoms with Crippen molar-refractivity contribution in [2.75, 3.05) is 5.88 Å². The molecule has 2 aromatic rings.